The van der Waals surface area contributed by atoms with Gasteiger partial charge in [-0.05, 0) is 24.4 Å². The van der Waals surface area contributed by atoms with Gasteiger partial charge in [0.1, 0.15) is 16.0 Å². The number of hydrogen-bond donors (Lipinski definition) is 0. The molecule has 30 heavy (non-hydrogen) atoms. The molecule has 0 aliphatic rings. The van der Waals surface area contributed by atoms with E-state index in [1.165, 1.54) is 29.0 Å². The second-order valence-electron chi connectivity index (χ2n) is 6.28. The van der Waals surface area contributed by atoms with Crippen molar-refractivity contribution in [2.24, 2.45) is 0 Å². The zero-order chi connectivity index (χ0) is 21.3. The highest BCUT2D eigenvalue weighted by molar-refractivity contribution is 7.73. The zero-order valence-electron chi connectivity index (χ0n) is 16.3. The van der Waals surface area contributed by atoms with Crippen LogP contribution in [0.1, 0.15) is 5.69 Å². The van der Waals surface area contributed by atoms with Crippen LogP contribution in [0.25, 0.3) is 20.9 Å². The molecule has 0 saturated heterocycles. The van der Waals surface area contributed by atoms with E-state index in [0.717, 1.165) is 16.3 Å². The van der Waals surface area contributed by atoms with Gasteiger partial charge in [-0.3, -0.25) is 9.36 Å². The topological polar surface area (TPSA) is 71.2 Å². The third-order valence-corrected chi connectivity index (χ3v) is 6.82. The van der Waals surface area contributed by atoms with Crippen LogP contribution < -0.4 is 15.0 Å². The highest BCUT2D eigenvalue weighted by atomic mass is 32.1. The Hall–Kier alpha value is -2.82. The summed E-state index contributed by atoms with van der Waals surface area (Å²) in [6.07, 6.45) is 3.27. The second-order valence-corrected chi connectivity index (χ2v) is 8.78. The van der Waals surface area contributed by atoms with Crippen LogP contribution in [0.2, 0.25) is 0 Å². The van der Waals surface area contributed by atoms with Gasteiger partial charge in [-0.25, -0.2) is 9.97 Å². The van der Waals surface area contributed by atoms with Crippen LogP contribution in [0.15, 0.2) is 47.4 Å². The number of ether oxygens (including phenoxy) is 2. The Bertz CT molecular complexity index is 1350. The summed E-state index contributed by atoms with van der Waals surface area (Å²) >= 11 is 8.11. The summed E-state index contributed by atoms with van der Waals surface area (Å²) < 4.78 is 15.4. The molecule has 3 aromatic heterocycles. The van der Waals surface area contributed by atoms with Crippen molar-refractivity contribution in [2.75, 3.05) is 14.2 Å². The molecule has 0 aliphatic carbocycles. The summed E-state index contributed by atoms with van der Waals surface area (Å²) in [6, 6.07) is 5.66. The van der Waals surface area contributed by atoms with E-state index in [1.54, 1.807) is 24.9 Å². The van der Waals surface area contributed by atoms with E-state index in [-0.39, 0.29) is 5.56 Å². The summed E-state index contributed by atoms with van der Waals surface area (Å²) in [5, 5.41) is 2.71. The molecule has 0 spiro atoms. The van der Waals surface area contributed by atoms with Crippen LogP contribution in [0.5, 0.6) is 11.5 Å². The molecule has 0 unspecified atom stereocenters. The van der Waals surface area contributed by atoms with Crippen molar-refractivity contribution in [3.8, 4) is 22.1 Å². The molecule has 3 heterocycles. The fraction of sp³-hybridized carbons (Fsp3) is 0.200. The number of benzene rings is 1. The molecule has 154 valence electrons. The molecule has 0 bridgehead atoms. The Balaban J connectivity index is 1.69. The Labute approximate surface area is 185 Å². The first-order valence-electron chi connectivity index (χ1n) is 8.92. The lowest BCUT2D eigenvalue weighted by Crippen LogP contribution is -2.21. The fourth-order valence-corrected chi connectivity index (χ4v) is 5.26. The Morgan fingerprint density at radius 3 is 2.87 bits per heavy atom. The number of hydrogen-bond acceptors (Lipinski definition) is 8. The van der Waals surface area contributed by atoms with Gasteiger partial charge in [0, 0.05) is 11.9 Å². The largest absolute Gasteiger partial charge is 0.493 e. The highest BCUT2D eigenvalue weighted by Gasteiger charge is 2.16. The first-order chi connectivity index (χ1) is 14.6. The molecule has 4 rings (SSSR count). The lowest BCUT2D eigenvalue weighted by atomic mass is 10.2. The number of allylic oxidation sites excluding steroid dienone is 1. The first kappa shape index (κ1) is 20.5. The average molecular weight is 459 g/mol. The van der Waals surface area contributed by atoms with Gasteiger partial charge in [0.05, 0.1) is 32.0 Å². The van der Waals surface area contributed by atoms with Gasteiger partial charge in [0.15, 0.2) is 21.1 Å². The predicted molar refractivity (Wildman–Crippen MR) is 123 cm³/mol. The number of rotatable bonds is 7. The molecular weight excluding hydrogens is 440 g/mol. The van der Waals surface area contributed by atoms with E-state index in [9.17, 15) is 4.79 Å². The zero-order valence-corrected chi connectivity index (χ0v) is 18.8. The molecule has 0 aliphatic heterocycles. The van der Waals surface area contributed by atoms with Gasteiger partial charge in [0.25, 0.3) is 5.56 Å². The number of nitrogens with zero attached hydrogens (tertiary/aromatic N) is 4. The smallest absolute Gasteiger partial charge is 0.273 e. The molecule has 0 saturated carbocycles. The monoisotopic (exact) mass is 458 g/mol. The predicted octanol–water partition coefficient (Wildman–Crippen LogP) is 4.36. The van der Waals surface area contributed by atoms with Crippen molar-refractivity contribution >= 4 is 45.2 Å². The van der Waals surface area contributed by atoms with Gasteiger partial charge in [-0.1, -0.05) is 23.5 Å². The summed E-state index contributed by atoms with van der Waals surface area (Å²) in [5.41, 5.74) is 2.06. The van der Waals surface area contributed by atoms with Gasteiger partial charge in [-0.2, -0.15) is 0 Å². The SMILES string of the molecule is C=CCn1c(=S)sc2c(=O)n(Cc3csc(-c4cccc(OC)c4OC)n3)cnc21. The van der Waals surface area contributed by atoms with Crippen LogP contribution in [0, 0.1) is 3.95 Å². The maximum absolute atomic E-state index is 13.0. The number of thiazole rings is 2. The van der Waals surface area contributed by atoms with Crippen molar-refractivity contribution in [1.29, 1.82) is 0 Å². The Kier molecular flexibility index (Phi) is 5.80. The van der Waals surface area contributed by atoms with Crippen LogP contribution in [0.3, 0.4) is 0 Å². The van der Waals surface area contributed by atoms with Crippen LogP contribution >= 0.6 is 34.9 Å². The van der Waals surface area contributed by atoms with Gasteiger partial charge >= 0.3 is 0 Å². The van der Waals surface area contributed by atoms with E-state index >= 15 is 0 Å². The van der Waals surface area contributed by atoms with E-state index in [1.807, 2.05) is 28.1 Å². The number of para-hydroxylation sites is 1. The van der Waals surface area contributed by atoms with E-state index < -0.39 is 0 Å². The van der Waals surface area contributed by atoms with Crippen molar-refractivity contribution in [2.45, 2.75) is 13.1 Å². The maximum Gasteiger partial charge on any atom is 0.273 e. The van der Waals surface area contributed by atoms with Crippen molar-refractivity contribution in [1.82, 2.24) is 19.1 Å². The summed E-state index contributed by atoms with van der Waals surface area (Å²) in [6.45, 7) is 4.57. The lowest BCUT2D eigenvalue weighted by molar-refractivity contribution is 0.356. The second kappa shape index (κ2) is 8.50. The van der Waals surface area contributed by atoms with E-state index in [2.05, 4.69) is 11.6 Å². The Morgan fingerprint density at radius 2 is 2.13 bits per heavy atom. The quantitative estimate of drug-likeness (QED) is 0.303. The highest BCUT2D eigenvalue weighted by Crippen LogP contribution is 2.39. The van der Waals surface area contributed by atoms with Gasteiger partial charge < -0.3 is 14.0 Å². The van der Waals surface area contributed by atoms with Crippen LogP contribution in [0.4, 0.5) is 0 Å². The van der Waals surface area contributed by atoms with Crippen molar-refractivity contribution in [3.05, 3.63) is 62.6 Å². The fourth-order valence-electron chi connectivity index (χ4n) is 3.11. The van der Waals surface area contributed by atoms with Gasteiger partial charge in [0.2, 0.25) is 0 Å². The number of aromatic nitrogens is 4. The maximum atomic E-state index is 13.0. The van der Waals surface area contributed by atoms with Gasteiger partial charge in [-0.15, -0.1) is 17.9 Å². The average Bonchev–Trinajstić information content (AvgIpc) is 3.35. The number of fused-ring (bicyclic) bond motifs is 1. The molecular formula is C20H18N4O3S3. The standard InChI is InChI=1S/C20H18N4O3S3/c1-4-8-24-17-16(30-20(24)28)19(25)23(11-21-17)9-12-10-29-18(22-12)13-6-5-7-14(26-2)15(13)27-3/h4-7,10-11H,1,8-9H2,2-3H3. The summed E-state index contributed by atoms with van der Waals surface area (Å²) in [7, 11) is 3.20. The normalized spacial score (nSPS) is 11.0. The minimum atomic E-state index is -0.132. The van der Waals surface area contributed by atoms with E-state index in [4.69, 9.17) is 26.7 Å². The third-order valence-electron chi connectivity index (χ3n) is 4.47. The van der Waals surface area contributed by atoms with Crippen LogP contribution in [-0.4, -0.2) is 33.3 Å². The minimum absolute atomic E-state index is 0.132. The van der Waals surface area contributed by atoms with E-state index in [0.29, 0.717) is 38.9 Å². The lowest BCUT2D eigenvalue weighted by Gasteiger charge is -2.10. The van der Waals surface area contributed by atoms with Crippen molar-refractivity contribution < 1.29 is 9.47 Å². The molecule has 1 aromatic carbocycles. The first-order valence-corrected chi connectivity index (χ1v) is 11.0. The summed E-state index contributed by atoms with van der Waals surface area (Å²) in [5.74, 6) is 1.27. The molecule has 4 aromatic rings. The minimum Gasteiger partial charge on any atom is -0.493 e. The molecule has 0 fully saturated rings. The molecule has 10 heteroatoms. The molecule has 7 nitrogen and oxygen atoms in total. The Morgan fingerprint density at radius 1 is 1.30 bits per heavy atom. The molecule has 0 radical (unpaired) electrons. The number of methoxy groups -OCH3 is 2. The third kappa shape index (κ3) is 3.57. The molecule has 0 atom stereocenters. The summed E-state index contributed by atoms with van der Waals surface area (Å²) in [4.78, 5) is 22.1. The molecule has 0 N–H and O–H groups in total. The van der Waals surface area contributed by atoms with Crippen LogP contribution in [-0.2, 0) is 13.1 Å². The van der Waals surface area contributed by atoms with Crippen molar-refractivity contribution in [3.63, 3.8) is 0 Å². The molecule has 0 amide bonds.